The Hall–Kier alpha value is -1.56. The summed E-state index contributed by atoms with van der Waals surface area (Å²) >= 11 is 0. The van der Waals surface area contributed by atoms with E-state index in [1.165, 1.54) is 12.1 Å². The van der Waals surface area contributed by atoms with E-state index in [9.17, 15) is 18.0 Å². The van der Waals surface area contributed by atoms with Crippen molar-refractivity contribution >= 4 is 5.91 Å². The van der Waals surface area contributed by atoms with Gasteiger partial charge >= 0.3 is 6.18 Å². The van der Waals surface area contributed by atoms with Gasteiger partial charge in [-0.3, -0.25) is 4.79 Å². The van der Waals surface area contributed by atoms with Gasteiger partial charge in [-0.25, -0.2) is 0 Å². The smallest absolute Gasteiger partial charge is 0.341 e. The van der Waals surface area contributed by atoms with Crippen molar-refractivity contribution in [2.45, 2.75) is 31.0 Å². The Bertz CT molecular complexity index is 541. The van der Waals surface area contributed by atoms with Crippen molar-refractivity contribution in [1.82, 2.24) is 4.90 Å². The maximum absolute atomic E-state index is 12.5. The van der Waals surface area contributed by atoms with Crippen LogP contribution in [0.15, 0.2) is 24.3 Å². The molecular weight excluding hydrogens is 281 g/mol. The second-order valence-electron chi connectivity index (χ2n) is 5.90. The van der Waals surface area contributed by atoms with Crippen molar-refractivity contribution in [3.8, 4) is 0 Å². The van der Waals surface area contributed by atoms with Crippen molar-refractivity contribution < 1.29 is 18.0 Å². The number of likely N-dealkylation sites (tertiary alicyclic amines) is 1. The lowest BCUT2D eigenvalue weighted by Gasteiger charge is -2.15. The van der Waals surface area contributed by atoms with Gasteiger partial charge in [0.15, 0.2) is 0 Å². The molecule has 3 rings (SSSR count). The van der Waals surface area contributed by atoms with E-state index in [2.05, 4.69) is 0 Å². The summed E-state index contributed by atoms with van der Waals surface area (Å²) in [4.78, 5) is 14.0. The van der Waals surface area contributed by atoms with Gasteiger partial charge in [0.25, 0.3) is 0 Å². The highest BCUT2D eigenvalue weighted by Gasteiger charge is 2.46. The molecule has 21 heavy (non-hydrogen) atoms. The first-order valence-corrected chi connectivity index (χ1v) is 7.08. The number of hydrogen-bond donors (Lipinski definition) is 1. The minimum atomic E-state index is -4.32. The van der Waals surface area contributed by atoms with Crippen LogP contribution in [0.25, 0.3) is 0 Å². The van der Waals surface area contributed by atoms with E-state index < -0.39 is 11.7 Å². The van der Waals surface area contributed by atoms with E-state index in [1.807, 2.05) is 0 Å². The lowest BCUT2D eigenvalue weighted by Crippen LogP contribution is -2.33. The average Bonchev–Trinajstić information content (AvgIpc) is 3.12. The minimum Gasteiger partial charge on any atom is -0.341 e. The summed E-state index contributed by atoms with van der Waals surface area (Å²) in [5, 5.41) is 0. The zero-order chi connectivity index (χ0) is 15.2. The van der Waals surface area contributed by atoms with Gasteiger partial charge in [-0.1, -0.05) is 12.1 Å². The Kier molecular flexibility index (Phi) is 3.43. The van der Waals surface area contributed by atoms with Crippen molar-refractivity contribution in [2.24, 2.45) is 11.7 Å². The third-order valence-electron chi connectivity index (χ3n) is 4.31. The van der Waals surface area contributed by atoms with Crippen LogP contribution in [0.4, 0.5) is 13.2 Å². The number of benzene rings is 1. The molecular formula is C15H17F3N2O. The summed E-state index contributed by atoms with van der Waals surface area (Å²) in [5.74, 6) is 0.0523. The Balaban J connectivity index is 1.64. The third-order valence-corrected chi connectivity index (χ3v) is 4.31. The van der Waals surface area contributed by atoms with Crippen LogP contribution >= 0.6 is 0 Å². The van der Waals surface area contributed by atoms with Gasteiger partial charge in [0.2, 0.25) is 5.91 Å². The van der Waals surface area contributed by atoms with Gasteiger partial charge in [-0.15, -0.1) is 0 Å². The van der Waals surface area contributed by atoms with Crippen LogP contribution in [0.1, 0.15) is 29.9 Å². The van der Waals surface area contributed by atoms with Crippen LogP contribution in [0.3, 0.4) is 0 Å². The normalized spacial score (nSPS) is 28.8. The van der Waals surface area contributed by atoms with Gasteiger partial charge in [0.1, 0.15) is 0 Å². The number of carbonyl (C=O) groups is 1. The molecule has 114 valence electrons. The molecule has 6 heteroatoms. The lowest BCUT2D eigenvalue weighted by molar-refractivity contribution is -0.137. The van der Waals surface area contributed by atoms with Crippen molar-refractivity contribution in [3.63, 3.8) is 0 Å². The molecule has 0 radical (unpaired) electrons. The SMILES string of the molecule is N[C@H]1CCN(C(=O)[C@@H]2C[C@H]2c2ccc(C(F)(F)F)cc2)C1. The highest BCUT2D eigenvalue weighted by atomic mass is 19.4. The quantitative estimate of drug-likeness (QED) is 0.911. The maximum atomic E-state index is 12.5. The fraction of sp³-hybridized carbons (Fsp3) is 0.533. The van der Waals surface area contributed by atoms with Crippen molar-refractivity contribution in [1.29, 1.82) is 0 Å². The number of carbonyl (C=O) groups excluding carboxylic acids is 1. The standard InChI is InChI=1S/C15H17F3N2O/c16-15(17,18)10-3-1-9(2-4-10)12-7-13(12)14(21)20-6-5-11(19)8-20/h1-4,11-13H,5-8,19H2/t11-,12-,13+/m0/s1. The first-order valence-electron chi connectivity index (χ1n) is 7.08. The highest BCUT2D eigenvalue weighted by molar-refractivity contribution is 5.83. The summed E-state index contributed by atoms with van der Waals surface area (Å²) in [6.45, 7) is 1.28. The van der Waals surface area contributed by atoms with Gasteiger partial charge in [0, 0.05) is 25.0 Å². The summed E-state index contributed by atoms with van der Waals surface area (Å²) < 4.78 is 37.5. The number of nitrogens with zero attached hydrogens (tertiary/aromatic N) is 1. The molecule has 1 saturated carbocycles. The van der Waals surface area contributed by atoms with Gasteiger partial charge in [-0.05, 0) is 36.5 Å². The topological polar surface area (TPSA) is 46.3 Å². The Morgan fingerprint density at radius 3 is 2.43 bits per heavy atom. The van der Waals surface area contributed by atoms with Gasteiger partial charge < -0.3 is 10.6 Å². The number of alkyl halides is 3. The van der Waals surface area contributed by atoms with E-state index in [0.717, 1.165) is 30.5 Å². The summed E-state index contributed by atoms with van der Waals surface area (Å²) in [6, 6.07) is 5.19. The number of halogens is 3. The molecule has 0 spiro atoms. The molecule has 1 heterocycles. The molecule has 0 unspecified atom stereocenters. The molecule has 1 aliphatic carbocycles. The second-order valence-corrected chi connectivity index (χ2v) is 5.90. The van der Waals surface area contributed by atoms with Gasteiger partial charge in [-0.2, -0.15) is 13.2 Å². The molecule has 1 aromatic rings. The molecule has 0 bridgehead atoms. The maximum Gasteiger partial charge on any atom is 0.416 e. The van der Waals surface area contributed by atoms with E-state index >= 15 is 0 Å². The van der Waals surface area contributed by atoms with Crippen molar-refractivity contribution in [2.75, 3.05) is 13.1 Å². The predicted octanol–water partition coefficient (Wildman–Crippen LogP) is 2.37. The van der Waals surface area contributed by atoms with E-state index in [0.29, 0.717) is 13.1 Å². The fourth-order valence-electron chi connectivity index (χ4n) is 2.98. The third kappa shape index (κ3) is 2.90. The first kappa shape index (κ1) is 14.4. The molecule has 0 aromatic heterocycles. The van der Waals surface area contributed by atoms with Crippen molar-refractivity contribution in [3.05, 3.63) is 35.4 Å². The summed E-state index contributed by atoms with van der Waals surface area (Å²) in [6.07, 6.45) is -2.78. The molecule has 3 nitrogen and oxygen atoms in total. The van der Waals surface area contributed by atoms with E-state index in [1.54, 1.807) is 4.90 Å². The first-order chi connectivity index (χ1) is 9.86. The average molecular weight is 298 g/mol. The zero-order valence-electron chi connectivity index (χ0n) is 11.4. The molecule has 1 amide bonds. The Labute approximate surface area is 120 Å². The molecule has 2 fully saturated rings. The number of hydrogen-bond acceptors (Lipinski definition) is 2. The molecule has 1 aliphatic heterocycles. The number of rotatable bonds is 2. The molecule has 2 aliphatic rings. The lowest BCUT2D eigenvalue weighted by atomic mass is 10.1. The monoisotopic (exact) mass is 298 g/mol. The fourth-order valence-corrected chi connectivity index (χ4v) is 2.98. The largest absolute Gasteiger partial charge is 0.416 e. The Morgan fingerprint density at radius 1 is 1.24 bits per heavy atom. The zero-order valence-corrected chi connectivity index (χ0v) is 11.4. The van der Waals surface area contributed by atoms with Crippen LogP contribution < -0.4 is 5.73 Å². The summed E-state index contributed by atoms with van der Waals surface area (Å²) in [5.41, 5.74) is 5.94. The van der Waals surface area contributed by atoms with E-state index in [-0.39, 0.29) is 23.8 Å². The van der Waals surface area contributed by atoms with Crippen LogP contribution in [0.2, 0.25) is 0 Å². The molecule has 1 saturated heterocycles. The molecule has 3 atom stereocenters. The minimum absolute atomic E-state index is 0.0524. The highest BCUT2D eigenvalue weighted by Crippen LogP contribution is 2.49. The van der Waals surface area contributed by atoms with Crippen LogP contribution in [0.5, 0.6) is 0 Å². The molecule has 1 aromatic carbocycles. The summed E-state index contributed by atoms with van der Waals surface area (Å²) in [7, 11) is 0. The second kappa shape index (κ2) is 5.02. The van der Waals surface area contributed by atoms with E-state index in [4.69, 9.17) is 5.73 Å². The van der Waals surface area contributed by atoms with Crippen LogP contribution in [-0.2, 0) is 11.0 Å². The van der Waals surface area contributed by atoms with Crippen LogP contribution in [0, 0.1) is 5.92 Å². The number of nitrogens with two attached hydrogens (primary N) is 1. The van der Waals surface area contributed by atoms with Crippen LogP contribution in [-0.4, -0.2) is 29.9 Å². The predicted molar refractivity (Wildman–Crippen MR) is 71.5 cm³/mol. The Morgan fingerprint density at radius 2 is 1.90 bits per heavy atom. The number of amides is 1. The van der Waals surface area contributed by atoms with Gasteiger partial charge in [0.05, 0.1) is 5.56 Å². The molecule has 2 N–H and O–H groups in total.